The fraction of sp³-hybridized carbons (Fsp3) is 0.478. The third kappa shape index (κ3) is 4.41. The predicted octanol–water partition coefficient (Wildman–Crippen LogP) is 3.38. The lowest BCUT2D eigenvalue weighted by Crippen LogP contribution is -2.49. The second-order valence-electron chi connectivity index (χ2n) is 7.83. The van der Waals surface area contributed by atoms with E-state index in [2.05, 4.69) is 36.1 Å². The first kappa shape index (κ1) is 18.6. The van der Waals surface area contributed by atoms with Crippen LogP contribution in [0.15, 0.2) is 60.7 Å². The van der Waals surface area contributed by atoms with Crippen LogP contribution in [-0.4, -0.2) is 46.9 Å². The predicted molar refractivity (Wildman–Crippen MR) is 105 cm³/mol. The van der Waals surface area contributed by atoms with E-state index in [4.69, 9.17) is 9.47 Å². The van der Waals surface area contributed by atoms with Crippen molar-refractivity contribution in [2.45, 2.75) is 63.4 Å². The van der Waals surface area contributed by atoms with Gasteiger partial charge in [-0.1, -0.05) is 60.7 Å². The summed E-state index contributed by atoms with van der Waals surface area (Å²) in [6.07, 6.45) is 1.33. The lowest BCUT2D eigenvalue weighted by Gasteiger charge is -2.39. The number of benzene rings is 2. The molecule has 1 N–H and O–H groups in total. The maximum Gasteiger partial charge on any atom is 0.101 e. The number of aliphatic hydroxyl groups excluding tert-OH is 1. The van der Waals surface area contributed by atoms with Crippen molar-refractivity contribution in [3.05, 3.63) is 71.8 Å². The summed E-state index contributed by atoms with van der Waals surface area (Å²) < 4.78 is 12.7. The topological polar surface area (TPSA) is 41.9 Å². The molecular weight excluding hydrogens is 338 g/mol. The van der Waals surface area contributed by atoms with Crippen molar-refractivity contribution >= 4 is 0 Å². The van der Waals surface area contributed by atoms with Crippen molar-refractivity contribution in [3.63, 3.8) is 0 Å². The van der Waals surface area contributed by atoms with Crippen molar-refractivity contribution in [2.75, 3.05) is 6.54 Å². The number of hydrogen-bond acceptors (Lipinski definition) is 4. The average Bonchev–Trinajstić information content (AvgIpc) is 3.04. The molecule has 144 valence electrons. The van der Waals surface area contributed by atoms with Crippen molar-refractivity contribution in [3.8, 4) is 0 Å². The Morgan fingerprint density at radius 2 is 1.48 bits per heavy atom. The summed E-state index contributed by atoms with van der Waals surface area (Å²) in [5, 5.41) is 10.3. The molecule has 2 aliphatic heterocycles. The fourth-order valence-electron chi connectivity index (χ4n) is 4.47. The van der Waals surface area contributed by atoms with Gasteiger partial charge in [0.15, 0.2) is 0 Å². The average molecular weight is 367 g/mol. The maximum absolute atomic E-state index is 10.3. The fourth-order valence-corrected chi connectivity index (χ4v) is 4.47. The highest BCUT2D eigenvalue weighted by molar-refractivity contribution is 5.15. The van der Waals surface area contributed by atoms with Gasteiger partial charge >= 0.3 is 0 Å². The van der Waals surface area contributed by atoms with Crippen molar-refractivity contribution in [1.82, 2.24) is 4.90 Å². The zero-order valence-corrected chi connectivity index (χ0v) is 15.9. The normalized spacial score (nSPS) is 31.0. The van der Waals surface area contributed by atoms with Crippen LogP contribution < -0.4 is 0 Å². The smallest absolute Gasteiger partial charge is 0.101 e. The monoisotopic (exact) mass is 367 g/mol. The van der Waals surface area contributed by atoms with Crippen LogP contribution in [0.3, 0.4) is 0 Å². The van der Waals surface area contributed by atoms with E-state index in [1.54, 1.807) is 0 Å². The first-order chi connectivity index (χ1) is 13.2. The lowest BCUT2D eigenvalue weighted by atomic mass is 9.93. The molecule has 5 atom stereocenters. The number of rotatable bonds is 6. The van der Waals surface area contributed by atoms with Gasteiger partial charge in [-0.05, 0) is 30.9 Å². The molecule has 2 aromatic carbocycles. The summed E-state index contributed by atoms with van der Waals surface area (Å²) >= 11 is 0. The van der Waals surface area contributed by atoms with Gasteiger partial charge in [0.05, 0.1) is 25.4 Å². The van der Waals surface area contributed by atoms with E-state index in [1.807, 2.05) is 36.4 Å². The van der Waals surface area contributed by atoms with Crippen LogP contribution in [0.1, 0.15) is 30.9 Å². The van der Waals surface area contributed by atoms with Gasteiger partial charge in [0, 0.05) is 18.6 Å². The first-order valence-corrected chi connectivity index (χ1v) is 9.95. The number of hydrogen-bond donors (Lipinski definition) is 1. The molecule has 2 aromatic rings. The van der Waals surface area contributed by atoms with Crippen LogP contribution >= 0.6 is 0 Å². The molecule has 2 saturated heterocycles. The quantitative estimate of drug-likeness (QED) is 0.850. The Bertz CT molecular complexity index is 708. The molecule has 0 aliphatic carbocycles. The minimum Gasteiger partial charge on any atom is -0.393 e. The van der Waals surface area contributed by atoms with Crippen molar-refractivity contribution in [2.24, 2.45) is 0 Å². The minimum absolute atomic E-state index is 0.0201. The van der Waals surface area contributed by atoms with Gasteiger partial charge in [-0.15, -0.1) is 0 Å². The molecular formula is C23H29NO3. The molecule has 0 aromatic heterocycles. The van der Waals surface area contributed by atoms with Crippen LogP contribution in [0.2, 0.25) is 0 Å². The van der Waals surface area contributed by atoms with Gasteiger partial charge in [-0.25, -0.2) is 0 Å². The Morgan fingerprint density at radius 3 is 2.11 bits per heavy atom. The SMILES string of the molecule is C[C@@H]1C[C@@H](O)C[C@@H]2[C@@H](OCc3ccccc3)[C@H](OCc3ccccc3)CN12. The van der Waals surface area contributed by atoms with Crippen LogP contribution in [0.4, 0.5) is 0 Å². The third-order valence-corrected chi connectivity index (χ3v) is 5.85. The van der Waals surface area contributed by atoms with E-state index < -0.39 is 0 Å². The largest absolute Gasteiger partial charge is 0.393 e. The van der Waals surface area contributed by atoms with Crippen LogP contribution in [0.5, 0.6) is 0 Å². The van der Waals surface area contributed by atoms with E-state index in [9.17, 15) is 5.11 Å². The van der Waals surface area contributed by atoms with Crippen molar-refractivity contribution < 1.29 is 14.6 Å². The highest BCUT2D eigenvalue weighted by Gasteiger charge is 2.48. The third-order valence-electron chi connectivity index (χ3n) is 5.85. The molecule has 4 heteroatoms. The standard InChI is InChI=1S/C23H29NO3/c1-17-12-20(25)13-21-23(27-16-19-10-6-3-7-11-19)22(14-24(17)21)26-15-18-8-4-2-5-9-18/h2-11,17,20-23,25H,12-16H2,1H3/t17-,20-,21-,22-,23-/m1/s1. The Hall–Kier alpha value is -1.72. The number of fused-ring (bicyclic) bond motifs is 1. The Balaban J connectivity index is 1.46. The molecule has 2 aliphatic rings. The molecule has 4 nitrogen and oxygen atoms in total. The minimum atomic E-state index is -0.253. The molecule has 0 radical (unpaired) electrons. The van der Waals surface area contributed by atoms with Gasteiger partial charge in [-0.2, -0.15) is 0 Å². The summed E-state index contributed by atoms with van der Waals surface area (Å²) in [5.74, 6) is 0. The Labute approximate surface area is 161 Å². The first-order valence-electron chi connectivity index (χ1n) is 9.95. The Morgan fingerprint density at radius 1 is 0.889 bits per heavy atom. The van der Waals surface area contributed by atoms with E-state index in [0.29, 0.717) is 19.3 Å². The highest BCUT2D eigenvalue weighted by atomic mass is 16.5. The Kier molecular flexibility index (Phi) is 5.89. The van der Waals surface area contributed by atoms with Gasteiger partial charge in [0.2, 0.25) is 0 Å². The van der Waals surface area contributed by atoms with Crippen LogP contribution in [0, 0.1) is 0 Å². The maximum atomic E-state index is 10.3. The van der Waals surface area contributed by atoms with Gasteiger partial charge < -0.3 is 14.6 Å². The van der Waals surface area contributed by atoms with Gasteiger partial charge in [-0.3, -0.25) is 4.90 Å². The zero-order chi connectivity index (χ0) is 18.6. The zero-order valence-electron chi connectivity index (χ0n) is 15.9. The van der Waals surface area contributed by atoms with E-state index >= 15 is 0 Å². The lowest BCUT2D eigenvalue weighted by molar-refractivity contribution is -0.0811. The molecule has 0 amide bonds. The van der Waals surface area contributed by atoms with E-state index in [-0.39, 0.29) is 24.4 Å². The molecule has 27 heavy (non-hydrogen) atoms. The van der Waals surface area contributed by atoms with E-state index in [1.165, 1.54) is 11.1 Å². The molecule has 2 heterocycles. The van der Waals surface area contributed by atoms with Gasteiger partial charge in [0.1, 0.15) is 6.10 Å². The number of piperidine rings is 1. The second kappa shape index (κ2) is 8.53. The molecule has 0 unspecified atom stereocenters. The van der Waals surface area contributed by atoms with Gasteiger partial charge in [0.25, 0.3) is 0 Å². The molecule has 0 saturated carbocycles. The second-order valence-corrected chi connectivity index (χ2v) is 7.83. The highest BCUT2D eigenvalue weighted by Crippen LogP contribution is 2.35. The molecule has 4 rings (SSSR count). The summed E-state index contributed by atoms with van der Waals surface area (Å²) in [6.45, 7) is 4.23. The molecule has 2 fully saturated rings. The summed E-state index contributed by atoms with van der Waals surface area (Å²) in [6, 6.07) is 21.1. The molecule has 0 bridgehead atoms. The number of aliphatic hydroxyl groups is 1. The summed E-state index contributed by atoms with van der Waals surface area (Å²) in [5.41, 5.74) is 2.35. The summed E-state index contributed by atoms with van der Waals surface area (Å²) in [7, 11) is 0. The number of ether oxygens (including phenoxy) is 2. The summed E-state index contributed by atoms with van der Waals surface area (Å²) in [4.78, 5) is 2.47. The van der Waals surface area contributed by atoms with E-state index in [0.717, 1.165) is 19.4 Å². The van der Waals surface area contributed by atoms with Crippen LogP contribution in [-0.2, 0) is 22.7 Å². The number of nitrogens with zero attached hydrogens (tertiary/aromatic N) is 1. The van der Waals surface area contributed by atoms with Crippen LogP contribution in [0.25, 0.3) is 0 Å². The molecule has 0 spiro atoms. The van der Waals surface area contributed by atoms with Crippen molar-refractivity contribution in [1.29, 1.82) is 0 Å².